The minimum atomic E-state index is -1.25. The zero-order valence-electron chi connectivity index (χ0n) is 14.7. The van der Waals surface area contributed by atoms with Crippen LogP contribution in [0.15, 0.2) is 24.3 Å². The zero-order chi connectivity index (χ0) is 19.1. The van der Waals surface area contributed by atoms with E-state index in [1.807, 2.05) is 19.1 Å². The summed E-state index contributed by atoms with van der Waals surface area (Å²) in [4.78, 5) is 51.0. The number of carboxylic acids is 1. The topological polar surface area (TPSA) is 107 Å². The van der Waals surface area contributed by atoms with Crippen LogP contribution in [0.1, 0.15) is 30.9 Å². The van der Waals surface area contributed by atoms with Gasteiger partial charge in [-0.25, -0.2) is 9.59 Å². The molecule has 26 heavy (non-hydrogen) atoms. The van der Waals surface area contributed by atoms with Crippen LogP contribution >= 0.6 is 0 Å². The number of carbonyl (C=O) groups excluding carboxylic acids is 3. The van der Waals surface area contributed by atoms with E-state index >= 15 is 0 Å². The van der Waals surface area contributed by atoms with Crippen molar-refractivity contribution in [3.63, 3.8) is 0 Å². The first kappa shape index (κ1) is 17.9. The number of hydrogen-bond acceptors (Lipinski definition) is 4. The molecule has 1 aromatic carbocycles. The lowest BCUT2D eigenvalue weighted by molar-refractivity contribution is -0.149. The van der Waals surface area contributed by atoms with Gasteiger partial charge in [0.1, 0.15) is 18.1 Å². The van der Waals surface area contributed by atoms with E-state index in [0.717, 1.165) is 10.5 Å². The summed E-state index contributed by atoms with van der Waals surface area (Å²) in [5.41, 5.74) is 0.401. The molecule has 138 valence electrons. The monoisotopic (exact) mass is 359 g/mol. The number of amides is 4. The molecule has 0 aromatic heterocycles. The Balaban J connectivity index is 1.78. The van der Waals surface area contributed by atoms with Crippen molar-refractivity contribution in [3.05, 3.63) is 35.4 Å². The Morgan fingerprint density at radius 1 is 1.27 bits per heavy atom. The highest BCUT2D eigenvalue weighted by atomic mass is 16.4. The van der Waals surface area contributed by atoms with Crippen molar-refractivity contribution in [2.45, 2.75) is 38.3 Å². The Bertz CT molecular complexity index is 776. The molecule has 0 aliphatic carbocycles. The minimum absolute atomic E-state index is 0.314. The van der Waals surface area contributed by atoms with Crippen molar-refractivity contribution in [1.82, 2.24) is 15.1 Å². The summed E-state index contributed by atoms with van der Waals surface area (Å²) >= 11 is 0. The van der Waals surface area contributed by atoms with Gasteiger partial charge in [-0.1, -0.05) is 29.8 Å². The van der Waals surface area contributed by atoms with E-state index < -0.39 is 41.9 Å². The number of rotatable bonds is 4. The molecule has 2 heterocycles. The van der Waals surface area contributed by atoms with Gasteiger partial charge in [-0.15, -0.1) is 0 Å². The van der Waals surface area contributed by atoms with Gasteiger partial charge in [0.25, 0.3) is 5.91 Å². The van der Waals surface area contributed by atoms with Gasteiger partial charge in [0.05, 0.1) is 0 Å². The zero-order valence-corrected chi connectivity index (χ0v) is 14.7. The van der Waals surface area contributed by atoms with Crippen molar-refractivity contribution in [1.29, 1.82) is 0 Å². The second-order valence-electron chi connectivity index (χ2n) is 6.90. The normalized spacial score (nSPS) is 25.5. The van der Waals surface area contributed by atoms with E-state index in [2.05, 4.69) is 5.32 Å². The van der Waals surface area contributed by atoms with E-state index in [-0.39, 0.29) is 0 Å². The highest BCUT2D eigenvalue weighted by Gasteiger charge is 2.50. The van der Waals surface area contributed by atoms with Crippen LogP contribution in [0.25, 0.3) is 0 Å². The summed E-state index contributed by atoms with van der Waals surface area (Å²) < 4.78 is 0. The quantitative estimate of drug-likeness (QED) is 0.775. The standard InChI is InChI=1S/C18H21N3O5/c1-11-5-7-12(8-6-11)18(2)16(25)21(17(26)19-18)10-14(22)20-9-3-4-13(20)15(23)24/h5-8,13H,3-4,9-10H2,1-2H3,(H,19,26)(H,23,24)/t13-,18-/m0/s1. The minimum Gasteiger partial charge on any atom is -0.480 e. The van der Waals surface area contributed by atoms with E-state index in [1.165, 1.54) is 4.90 Å². The van der Waals surface area contributed by atoms with Gasteiger partial charge >= 0.3 is 12.0 Å². The maximum Gasteiger partial charge on any atom is 0.326 e. The molecule has 0 spiro atoms. The number of aryl methyl sites for hydroxylation is 1. The number of hydrogen-bond donors (Lipinski definition) is 2. The molecule has 2 saturated heterocycles. The number of benzene rings is 1. The van der Waals surface area contributed by atoms with Crippen molar-refractivity contribution >= 4 is 23.8 Å². The summed E-state index contributed by atoms with van der Waals surface area (Å²) in [6, 6.07) is 5.66. The molecule has 2 aliphatic rings. The summed E-state index contributed by atoms with van der Waals surface area (Å²) in [6.07, 6.45) is 0.965. The Hall–Kier alpha value is -2.90. The summed E-state index contributed by atoms with van der Waals surface area (Å²) in [6.45, 7) is 3.36. The first-order valence-electron chi connectivity index (χ1n) is 8.47. The second-order valence-corrected chi connectivity index (χ2v) is 6.90. The smallest absolute Gasteiger partial charge is 0.326 e. The van der Waals surface area contributed by atoms with Gasteiger partial charge in [-0.3, -0.25) is 14.5 Å². The molecule has 2 N–H and O–H groups in total. The largest absolute Gasteiger partial charge is 0.480 e. The molecule has 4 amide bonds. The third-order valence-electron chi connectivity index (χ3n) is 5.06. The van der Waals surface area contributed by atoms with Crippen LogP contribution in [-0.4, -0.2) is 57.9 Å². The molecular weight excluding hydrogens is 338 g/mol. The third-order valence-corrected chi connectivity index (χ3v) is 5.06. The molecule has 2 fully saturated rings. The molecule has 0 bridgehead atoms. The molecule has 2 atom stereocenters. The van der Waals surface area contributed by atoms with E-state index in [9.17, 15) is 24.3 Å². The molecule has 1 aromatic rings. The summed E-state index contributed by atoms with van der Waals surface area (Å²) in [7, 11) is 0. The summed E-state index contributed by atoms with van der Waals surface area (Å²) in [5, 5.41) is 11.8. The lowest BCUT2D eigenvalue weighted by Crippen LogP contribution is -2.47. The predicted molar refractivity (Wildman–Crippen MR) is 91.1 cm³/mol. The Morgan fingerprint density at radius 3 is 2.54 bits per heavy atom. The van der Waals surface area contributed by atoms with Gasteiger partial charge in [0.15, 0.2) is 0 Å². The number of likely N-dealkylation sites (tertiary alicyclic amines) is 1. The van der Waals surface area contributed by atoms with Gasteiger partial charge in [-0.2, -0.15) is 0 Å². The Kier molecular flexibility index (Phi) is 4.43. The molecule has 3 rings (SSSR count). The van der Waals surface area contributed by atoms with Crippen LogP contribution in [0.4, 0.5) is 4.79 Å². The van der Waals surface area contributed by atoms with Crippen LogP contribution in [-0.2, 0) is 19.9 Å². The maximum atomic E-state index is 12.8. The van der Waals surface area contributed by atoms with E-state index in [1.54, 1.807) is 19.1 Å². The van der Waals surface area contributed by atoms with E-state index in [4.69, 9.17) is 0 Å². The van der Waals surface area contributed by atoms with Crippen LogP contribution in [0, 0.1) is 6.92 Å². The van der Waals surface area contributed by atoms with Crippen molar-refractivity contribution in [2.24, 2.45) is 0 Å². The van der Waals surface area contributed by atoms with E-state index in [0.29, 0.717) is 24.9 Å². The molecule has 0 unspecified atom stereocenters. The number of urea groups is 1. The van der Waals surface area contributed by atoms with Crippen LogP contribution < -0.4 is 5.32 Å². The SMILES string of the molecule is Cc1ccc([C@]2(C)NC(=O)N(CC(=O)N3CCC[C@H]3C(=O)O)C2=O)cc1. The molecule has 2 aliphatic heterocycles. The second kappa shape index (κ2) is 6.44. The number of aliphatic carboxylic acids is 1. The van der Waals surface area contributed by atoms with Gasteiger partial charge in [-0.05, 0) is 32.3 Å². The van der Waals surface area contributed by atoms with Gasteiger partial charge in [0.2, 0.25) is 5.91 Å². The van der Waals surface area contributed by atoms with Crippen LogP contribution in [0.3, 0.4) is 0 Å². The highest BCUT2D eigenvalue weighted by Crippen LogP contribution is 2.29. The fourth-order valence-electron chi connectivity index (χ4n) is 3.47. The van der Waals surface area contributed by atoms with Crippen molar-refractivity contribution < 1.29 is 24.3 Å². The van der Waals surface area contributed by atoms with Crippen molar-refractivity contribution in [3.8, 4) is 0 Å². The Labute approximate surface area is 150 Å². The predicted octanol–water partition coefficient (Wildman–Crippen LogP) is 0.838. The van der Waals surface area contributed by atoms with Gasteiger partial charge < -0.3 is 15.3 Å². The molecule has 8 nitrogen and oxygen atoms in total. The van der Waals surface area contributed by atoms with Crippen molar-refractivity contribution in [2.75, 3.05) is 13.1 Å². The molecule has 0 saturated carbocycles. The number of nitrogens with zero attached hydrogens (tertiary/aromatic N) is 2. The first-order chi connectivity index (χ1) is 12.2. The molecular formula is C18H21N3O5. The van der Waals surface area contributed by atoms with Gasteiger partial charge in [0, 0.05) is 6.54 Å². The fourth-order valence-corrected chi connectivity index (χ4v) is 3.47. The lowest BCUT2D eigenvalue weighted by atomic mass is 9.91. The average molecular weight is 359 g/mol. The van der Waals surface area contributed by atoms with Crippen LogP contribution in [0.2, 0.25) is 0 Å². The lowest BCUT2D eigenvalue weighted by Gasteiger charge is -2.25. The average Bonchev–Trinajstić information content (AvgIpc) is 3.16. The summed E-state index contributed by atoms with van der Waals surface area (Å²) in [5.74, 6) is -2.13. The number of carboxylic acid groups (broad SMARTS) is 1. The fraction of sp³-hybridized carbons (Fsp3) is 0.444. The maximum absolute atomic E-state index is 12.8. The molecule has 0 radical (unpaired) electrons. The van der Waals surface area contributed by atoms with Crippen LogP contribution in [0.5, 0.6) is 0 Å². The Morgan fingerprint density at radius 2 is 1.92 bits per heavy atom. The number of carbonyl (C=O) groups is 4. The molecule has 8 heteroatoms. The third kappa shape index (κ3) is 2.91. The highest BCUT2D eigenvalue weighted by molar-refractivity contribution is 6.09. The number of imide groups is 1. The first-order valence-corrected chi connectivity index (χ1v) is 8.47. The number of nitrogens with one attached hydrogen (secondary N) is 1.